The van der Waals surface area contributed by atoms with E-state index in [-0.39, 0.29) is 17.9 Å². The van der Waals surface area contributed by atoms with Gasteiger partial charge in [-0.05, 0) is 35.4 Å². The van der Waals surface area contributed by atoms with Crippen LogP contribution >= 0.6 is 23.8 Å². The van der Waals surface area contributed by atoms with Crippen LogP contribution in [0, 0.1) is 0 Å². The Labute approximate surface area is 202 Å². The van der Waals surface area contributed by atoms with Crippen molar-refractivity contribution in [3.63, 3.8) is 0 Å². The molecule has 1 fully saturated rings. The van der Waals surface area contributed by atoms with E-state index in [0.717, 1.165) is 27.7 Å². The first-order valence-electron chi connectivity index (χ1n) is 10.9. The summed E-state index contributed by atoms with van der Waals surface area (Å²) in [6.45, 7) is 0. The summed E-state index contributed by atoms with van der Waals surface area (Å²) in [5, 5.41) is 1.83. The number of para-hydroxylation sites is 2. The number of H-pyrrole nitrogens is 1. The van der Waals surface area contributed by atoms with Gasteiger partial charge in [0.2, 0.25) is 0 Å². The maximum atomic E-state index is 13.9. The molecule has 0 unspecified atom stereocenters. The third kappa shape index (κ3) is 3.03. The second-order valence-corrected chi connectivity index (χ2v) is 9.41. The highest BCUT2D eigenvalue weighted by atomic mass is 35.5. The Kier molecular flexibility index (Phi) is 4.78. The number of nitrogens with one attached hydrogen (secondary N) is 1. The largest absolute Gasteiger partial charge is 0.496 e. The van der Waals surface area contributed by atoms with Crippen molar-refractivity contribution in [3.05, 3.63) is 100 Å². The van der Waals surface area contributed by atoms with Gasteiger partial charge in [-0.25, -0.2) is 0 Å². The molecule has 1 N–H and O–H groups in total. The first kappa shape index (κ1) is 20.5. The molecule has 0 radical (unpaired) electrons. The quantitative estimate of drug-likeness (QED) is 0.380. The van der Waals surface area contributed by atoms with Crippen molar-refractivity contribution in [3.8, 4) is 5.75 Å². The molecule has 33 heavy (non-hydrogen) atoms. The van der Waals surface area contributed by atoms with Gasteiger partial charge in [0.15, 0.2) is 5.78 Å². The Morgan fingerprint density at radius 2 is 1.76 bits per heavy atom. The normalized spacial score (nSPS) is 21.9. The molecule has 0 saturated carbocycles. The van der Waals surface area contributed by atoms with Crippen LogP contribution in [0.4, 0.5) is 0 Å². The summed E-state index contributed by atoms with van der Waals surface area (Å²) in [7, 11) is 1.63. The highest BCUT2D eigenvalue weighted by Gasteiger charge is 2.52. The van der Waals surface area contributed by atoms with Gasteiger partial charge in [0.25, 0.3) is 0 Å². The fourth-order valence-electron chi connectivity index (χ4n) is 5.43. The number of ether oxygens (including phenoxy) is 1. The zero-order chi connectivity index (χ0) is 22.7. The second-order valence-electron chi connectivity index (χ2n) is 8.56. The minimum atomic E-state index is -0.508. The van der Waals surface area contributed by atoms with Crippen molar-refractivity contribution in [2.24, 2.45) is 0 Å². The number of methoxy groups -OCH3 is 1. The van der Waals surface area contributed by atoms with Crippen LogP contribution in [0.3, 0.4) is 0 Å². The lowest BCUT2D eigenvalue weighted by Gasteiger charge is -2.38. The summed E-state index contributed by atoms with van der Waals surface area (Å²) in [5.74, 6) is 0.302. The lowest BCUT2D eigenvalue weighted by molar-refractivity contribution is -0.121. The van der Waals surface area contributed by atoms with Crippen LogP contribution in [0.15, 0.2) is 72.8 Å². The van der Waals surface area contributed by atoms with Crippen LogP contribution in [0.2, 0.25) is 5.02 Å². The number of halogens is 1. The molecule has 0 spiro atoms. The molecule has 4 aromatic rings. The molecular formula is C27H21ClN2O2S. The molecule has 6 rings (SSSR count). The van der Waals surface area contributed by atoms with Crippen LogP contribution in [-0.4, -0.2) is 33.8 Å². The zero-order valence-corrected chi connectivity index (χ0v) is 19.5. The number of ketones is 1. The predicted octanol–water partition coefficient (Wildman–Crippen LogP) is 5.84. The van der Waals surface area contributed by atoms with Crippen LogP contribution in [0.25, 0.3) is 10.9 Å². The second kappa shape index (κ2) is 7.72. The van der Waals surface area contributed by atoms with Gasteiger partial charge < -0.3 is 14.6 Å². The molecule has 3 aromatic carbocycles. The Balaban J connectivity index is 1.55. The highest BCUT2D eigenvalue weighted by Crippen LogP contribution is 2.48. The van der Waals surface area contributed by atoms with Crippen molar-refractivity contribution in [1.29, 1.82) is 0 Å². The first-order valence-corrected chi connectivity index (χ1v) is 11.7. The minimum absolute atomic E-state index is 0.124. The van der Waals surface area contributed by atoms with Gasteiger partial charge in [-0.15, -0.1) is 0 Å². The number of nitrogens with zero attached hydrogens (tertiary/aromatic N) is 1. The van der Waals surface area contributed by atoms with Crippen molar-refractivity contribution < 1.29 is 9.53 Å². The van der Waals surface area contributed by atoms with Crippen LogP contribution in [-0.2, 0) is 11.2 Å². The average Bonchev–Trinajstić information content (AvgIpc) is 3.33. The van der Waals surface area contributed by atoms with E-state index in [2.05, 4.69) is 22.0 Å². The topological polar surface area (TPSA) is 45.3 Å². The zero-order valence-electron chi connectivity index (χ0n) is 17.9. The Bertz CT molecular complexity index is 1410. The third-order valence-electron chi connectivity index (χ3n) is 6.88. The van der Waals surface area contributed by atoms with E-state index in [0.29, 0.717) is 22.2 Å². The standard InChI is InChI=1S/C27H21ClN2O2S/c1-32-22-9-5-3-7-18(22)23-26(31)21-14-19-17-6-2-4-8-20(17)29-24(19)25(30(21)27(23)33)15-10-12-16(28)13-11-15/h2-13,21,23,25,29H,14H2,1H3/t21-,23-,25+/m1/s1. The van der Waals surface area contributed by atoms with Gasteiger partial charge in [-0.2, -0.15) is 0 Å². The van der Waals surface area contributed by atoms with Crippen LogP contribution < -0.4 is 4.74 Å². The van der Waals surface area contributed by atoms with Gasteiger partial charge in [0.05, 0.1) is 30.1 Å². The van der Waals surface area contributed by atoms with Crippen molar-refractivity contribution in [1.82, 2.24) is 9.88 Å². The van der Waals surface area contributed by atoms with Gasteiger partial charge in [-0.3, -0.25) is 4.79 Å². The summed E-state index contributed by atoms with van der Waals surface area (Å²) in [4.78, 5) is 20.3. The fourth-order valence-corrected chi connectivity index (χ4v) is 6.03. The van der Waals surface area contributed by atoms with Gasteiger partial charge in [0, 0.05) is 33.6 Å². The molecule has 0 amide bonds. The fraction of sp³-hybridized carbons (Fsp3) is 0.185. The maximum absolute atomic E-state index is 13.9. The summed E-state index contributed by atoms with van der Waals surface area (Å²) >= 11 is 12.2. The van der Waals surface area contributed by atoms with E-state index in [4.69, 9.17) is 28.6 Å². The Morgan fingerprint density at radius 1 is 1.03 bits per heavy atom. The molecule has 1 aromatic heterocycles. The van der Waals surface area contributed by atoms with Gasteiger partial charge >= 0.3 is 0 Å². The number of hydrogen-bond donors (Lipinski definition) is 1. The summed E-state index contributed by atoms with van der Waals surface area (Å²) in [6.07, 6.45) is 0.619. The lowest BCUT2D eigenvalue weighted by Crippen LogP contribution is -2.43. The van der Waals surface area contributed by atoms with Crippen molar-refractivity contribution in [2.75, 3.05) is 7.11 Å². The number of thiocarbonyl (C=S) groups is 1. The molecule has 0 bridgehead atoms. The van der Waals surface area contributed by atoms with E-state index in [1.54, 1.807) is 7.11 Å². The first-order chi connectivity index (χ1) is 16.1. The van der Waals surface area contributed by atoms with E-state index < -0.39 is 5.92 Å². The van der Waals surface area contributed by atoms with Crippen LogP contribution in [0.5, 0.6) is 5.75 Å². The number of Topliss-reactive ketones (excluding diaryl/α,β-unsaturated/α-hetero) is 1. The molecule has 6 heteroatoms. The van der Waals surface area contributed by atoms with Crippen molar-refractivity contribution in [2.45, 2.75) is 24.4 Å². The average molecular weight is 473 g/mol. The van der Waals surface area contributed by atoms with Crippen molar-refractivity contribution >= 4 is 45.5 Å². The summed E-state index contributed by atoms with van der Waals surface area (Å²) in [5.41, 5.74) is 5.22. The smallest absolute Gasteiger partial charge is 0.169 e. The molecular weight excluding hydrogens is 452 g/mol. The monoisotopic (exact) mass is 472 g/mol. The third-order valence-corrected chi connectivity index (χ3v) is 7.58. The Hall–Kier alpha value is -3.15. The molecule has 2 aliphatic rings. The number of carbonyl (C=O) groups is 1. The number of carbonyl (C=O) groups excluding carboxylic acids is 1. The number of fused-ring (bicyclic) bond motifs is 4. The molecule has 164 valence electrons. The number of hydrogen-bond acceptors (Lipinski definition) is 3. The number of aromatic nitrogens is 1. The molecule has 0 aliphatic carbocycles. The number of aromatic amines is 1. The number of benzene rings is 3. The maximum Gasteiger partial charge on any atom is 0.169 e. The van der Waals surface area contributed by atoms with E-state index in [1.165, 1.54) is 5.56 Å². The Morgan fingerprint density at radius 3 is 2.55 bits per heavy atom. The lowest BCUT2D eigenvalue weighted by atomic mass is 9.87. The summed E-state index contributed by atoms with van der Waals surface area (Å²) in [6, 6.07) is 23.2. The summed E-state index contributed by atoms with van der Waals surface area (Å²) < 4.78 is 5.59. The predicted molar refractivity (Wildman–Crippen MR) is 134 cm³/mol. The van der Waals surface area contributed by atoms with Crippen LogP contribution in [0.1, 0.15) is 34.3 Å². The van der Waals surface area contributed by atoms with Gasteiger partial charge in [0.1, 0.15) is 5.75 Å². The minimum Gasteiger partial charge on any atom is -0.496 e. The SMILES string of the molecule is COc1ccccc1[C@@H]1C(=O)[C@H]2Cc3c([nH]c4ccccc34)[C@H](c3ccc(Cl)cc3)N2C1=S. The van der Waals surface area contributed by atoms with E-state index in [1.807, 2.05) is 60.7 Å². The number of rotatable bonds is 3. The highest BCUT2D eigenvalue weighted by molar-refractivity contribution is 7.80. The van der Waals surface area contributed by atoms with Gasteiger partial charge in [-0.1, -0.05) is 72.3 Å². The molecule has 3 heterocycles. The van der Waals surface area contributed by atoms with E-state index >= 15 is 0 Å². The van der Waals surface area contributed by atoms with E-state index in [9.17, 15) is 4.79 Å². The molecule has 1 saturated heterocycles. The molecule has 4 nitrogen and oxygen atoms in total. The molecule has 3 atom stereocenters. The molecule has 2 aliphatic heterocycles.